The number of unbranched alkanes of at least 4 members (excludes halogenated alkanes) is 12. The number of carbonyl (C=O) groups excluding carboxylic acids is 8. The largest absolute Gasteiger partial charge is 0.427 e. The number of aromatic nitrogens is 6. The van der Waals surface area contributed by atoms with Crippen LogP contribution in [0.4, 0.5) is 17.1 Å². The first kappa shape index (κ1) is 90.5. The lowest BCUT2D eigenvalue weighted by Gasteiger charge is -2.29. The molecule has 4 saturated heterocycles. The van der Waals surface area contributed by atoms with Crippen molar-refractivity contribution in [2.45, 2.75) is 207 Å². The Morgan fingerprint density at radius 3 is 1.29 bits per heavy atom. The first-order chi connectivity index (χ1) is 62.2. The van der Waals surface area contributed by atoms with Crippen molar-refractivity contribution in [3.8, 4) is 28.0 Å². The summed E-state index contributed by atoms with van der Waals surface area (Å²) in [5, 5.41) is 23.5. The van der Waals surface area contributed by atoms with Crippen molar-refractivity contribution >= 4 is 86.4 Å². The number of allylic oxidation sites excluding steroid dienone is 2. The van der Waals surface area contributed by atoms with Gasteiger partial charge < -0.3 is 59.0 Å². The molecule has 28 nitrogen and oxygen atoms in total. The quantitative estimate of drug-likeness (QED) is 0.0103. The average Bonchev–Trinajstić information content (AvgIpc) is 1.63. The fraction of sp³-hybridized carbons (Fsp3) is 0.440. The molecule has 4 aromatic heterocycles. The van der Waals surface area contributed by atoms with Crippen LogP contribution in [0.25, 0.3) is 44.3 Å². The highest BCUT2D eigenvalue weighted by Gasteiger charge is 2.46. The number of esters is 1. The molecule has 0 spiro atoms. The molecular weight excluding hydrogens is 1620 g/mol. The number of aryl methyl sites for hydroxylation is 8. The van der Waals surface area contributed by atoms with Crippen LogP contribution in [0, 0.1) is 27.7 Å². The molecular formula is C100H119N15O13. The minimum atomic E-state index is -0.817. The second kappa shape index (κ2) is 43.0. The van der Waals surface area contributed by atoms with Gasteiger partial charge in [-0.25, -0.2) is 9.97 Å². The third-order valence-electron chi connectivity index (χ3n) is 25.4. The Labute approximate surface area is 747 Å². The fourth-order valence-corrected chi connectivity index (χ4v) is 18.2. The molecule has 0 bridgehead atoms. The minimum Gasteiger partial charge on any atom is -0.427 e. The van der Waals surface area contributed by atoms with Gasteiger partial charge in [0.2, 0.25) is 17.7 Å². The summed E-state index contributed by atoms with van der Waals surface area (Å²) in [4.78, 5) is 120. The van der Waals surface area contributed by atoms with Gasteiger partial charge in [0.15, 0.2) is 0 Å². The van der Waals surface area contributed by atoms with Gasteiger partial charge in [0.25, 0.3) is 23.6 Å². The molecule has 10 heterocycles. The number of piperidine rings is 2. The first-order valence-electron chi connectivity index (χ1n) is 45.9. The topological polar surface area (TPSA) is 325 Å². The second-order valence-electron chi connectivity index (χ2n) is 34.5. The van der Waals surface area contributed by atoms with E-state index in [1.807, 2.05) is 76.2 Å². The number of amides is 7. The number of anilines is 3. The van der Waals surface area contributed by atoms with Crippen molar-refractivity contribution in [3.63, 3.8) is 0 Å². The van der Waals surface area contributed by atoms with E-state index >= 15 is 0 Å². The van der Waals surface area contributed by atoms with Crippen LogP contribution < -0.4 is 31.3 Å². The third kappa shape index (κ3) is 22.5. The van der Waals surface area contributed by atoms with E-state index in [4.69, 9.17) is 33.2 Å². The molecule has 4 fully saturated rings. The van der Waals surface area contributed by atoms with E-state index in [1.54, 1.807) is 24.3 Å². The Morgan fingerprint density at radius 2 is 0.859 bits per heavy atom. The number of morpholine rings is 2. The molecule has 6 aliphatic rings. The van der Waals surface area contributed by atoms with E-state index < -0.39 is 35.7 Å². The Morgan fingerprint density at radius 1 is 0.453 bits per heavy atom. The van der Waals surface area contributed by atoms with Crippen LogP contribution >= 0.6 is 0 Å². The number of ether oxygens (including phenoxy) is 3. The van der Waals surface area contributed by atoms with Crippen molar-refractivity contribution in [2.75, 3.05) is 94.7 Å². The number of imide groups is 2. The molecule has 672 valence electrons. The van der Waals surface area contributed by atoms with Crippen LogP contribution in [0.15, 0.2) is 155 Å². The SMILES string of the molecule is C=C1CCC(N2C(=O)c3ccc(NCCCCCCCCCC(=O)Nc4ccc(CCc5nc6cc(-c7c(C)noc7C)ccc6n5CCN5CCOCC5)cc4)cc3C2=O)C(=O)N1.C=C1CCC(N2C(=O)c3ccc(NCCCCCCCCCC(=O)Oc4ccc(CCc5nc6cc(-c7c(C)noc7C)ccc6n5CCN5CCOCC5)cc4)cc3C2=O)C(=O)N1. The van der Waals surface area contributed by atoms with Gasteiger partial charge in [0, 0.05) is 131 Å². The molecule has 7 amide bonds. The third-order valence-corrected chi connectivity index (χ3v) is 25.4. The van der Waals surface area contributed by atoms with Crippen molar-refractivity contribution in [1.29, 1.82) is 0 Å². The van der Waals surface area contributed by atoms with Gasteiger partial charge in [-0.1, -0.05) is 124 Å². The zero-order chi connectivity index (χ0) is 89.2. The predicted molar refractivity (Wildman–Crippen MR) is 491 cm³/mol. The van der Waals surface area contributed by atoms with Crippen LogP contribution in [0.5, 0.6) is 5.75 Å². The average molecular weight is 1740 g/mol. The van der Waals surface area contributed by atoms with E-state index in [0.717, 1.165) is 319 Å². The standard InChI is InChI=1S/C50H60N8O6.C50H59N7O7/c1-33-12-21-44(48(60)52-33)58-49(61)40-20-19-39(32-41(40)50(58)62)51-24-10-8-6-4-5-7-9-11-46(59)53-38-17-13-36(14-18-38)15-23-45-54-42-31-37(47-34(2)55-64-35(47)3)16-22-43(42)57(45)26-25-56-27-29-63-30-28-56;1-33-12-21-44(48(59)52-33)57-49(60)40-20-17-38(32-41(40)50(57)61)51-24-10-8-6-4-5-7-9-11-46(58)63-39-18-13-36(14-19-39)15-23-45-53-42-31-37(47-34(2)54-64-35(47)3)16-22-43(42)56(45)26-25-55-27-29-62-30-28-55/h13-14,16-20,22,31-32,44,51H,1,4-12,15,21,23-30H2,2-3H3,(H,52,60)(H,53,59);13-14,16-20,22,31-32,44,51H,1,4-12,15,21,23-30H2,2-3H3,(H,52,59). The lowest BCUT2D eigenvalue weighted by atomic mass is 10.0. The van der Waals surface area contributed by atoms with Crippen LogP contribution in [-0.2, 0) is 67.4 Å². The zero-order valence-corrected chi connectivity index (χ0v) is 74.3. The second-order valence-corrected chi connectivity index (χ2v) is 34.5. The van der Waals surface area contributed by atoms with Crippen LogP contribution in [0.2, 0.25) is 0 Å². The van der Waals surface area contributed by atoms with Gasteiger partial charge in [-0.3, -0.25) is 58.0 Å². The van der Waals surface area contributed by atoms with Gasteiger partial charge in [-0.15, -0.1) is 0 Å². The van der Waals surface area contributed by atoms with E-state index in [-0.39, 0.29) is 23.7 Å². The highest BCUT2D eigenvalue weighted by molar-refractivity contribution is 6.24. The van der Waals surface area contributed by atoms with Gasteiger partial charge in [-0.05, 0) is 199 Å². The summed E-state index contributed by atoms with van der Waals surface area (Å²) in [6.07, 6.45) is 20.2. The summed E-state index contributed by atoms with van der Waals surface area (Å²) in [7, 11) is 0. The molecule has 2 atom stereocenters. The Hall–Kier alpha value is -12.2. The zero-order valence-electron chi connectivity index (χ0n) is 74.3. The lowest BCUT2D eigenvalue weighted by molar-refractivity contribution is -0.134. The summed E-state index contributed by atoms with van der Waals surface area (Å²) >= 11 is 0. The first-order valence-corrected chi connectivity index (χ1v) is 45.9. The predicted octanol–water partition coefficient (Wildman–Crippen LogP) is 15.9. The summed E-state index contributed by atoms with van der Waals surface area (Å²) in [5.74, 6) is 1.67. The smallest absolute Gasteiger partial charge is 0.311 e. The van der Waals surface area contributed by atoms with Crippen LogP contribution in [0.1, 0.15) is 216 Å². The van der Waals surface area contributed by atoms with Gasteiger partial charge >= 0.3 is 5.97 Å². The maximum absolute atomic E-state index is 13.2. The van der Waals surface area contributed by atoms with E-state index in [0.29, 0.717) is 77.9 Å². The number of rotatable bonds is 40. The monoisotopic (exact) mass is 1740 g/mol. The number of carbonyl (C=O) groups is 8. The minimum absolute atomic E-state index is 0.0415. The lowest BCUT2D eigenvalue weighted by Crippen LogP contribution is -2.51. The molecule has 128 heavy (non-hydrogen) atoms. The van der Waals surface area contributed by atoms with Gasteiger partial charge in [-0.2, -0.15) is 0 Å². The maximum atomic E-state index is 13.2. The molecule has 0 aliphatic carbocycles. The normalized spacial score (nSPS) is 16.7. The van der Waals surface area contributed by atoms with Crippen molar-refractivity contribution in [2.24, 2.45) is 0 Å². The molecule has 2 unspecified atom stereocenters. The summed E-state index contributed by atoms with van der Waals surface area (Å²) in [6.45, 7) is 27.3. The summed E-state index contributed by atoms with van der Waals surface area (Å²) in [6, 6.07) is 37.7. The highest BCUT2D eigenvalue weighted by atomic mass is 16.5. The van der Waals surface area contributed by atoms with Crippen molar-refractivity contribution in [1.82, 2.24) is 59.6 Å². The Balaban J connectivity index is 0.000000197. The molecule has 5 N–H and O–H groups in total. The van der Waals surface area contributed by atoms with E-state index in [9.17, 15) is 38.4 Å². The number of benzene rings is 6. The molecule has 0 radical (unpaired) electrons. The number of nitrogens with zero attached hydrogens (tertiary/aromatic N) is 10. The molecule has 6 aromatic carbocycles. The maximum Gasteiger partial charge on any atom is 0.311 e. The van der Waals surface area contributed by atoms with Crippen LogP contribution in [0.3, 0.4) is 0 Å². The molecule has 28 heteroatoms. The van der Waals surface area contributed by atoms with Crippen LogP contribution in [-0.4, -0.2) is 187 Å². The highest BCUT2D eigenvalue weighted by Crippen LogP contribution is 2.37. The summed E-state index contributed by atoms with van der Waals surface area (Å²) < 4.78 is 32.5. The van der Waals surface area contributed by atoms with E-state index in [1.165, 1.54) is 5.56 Å². The van der Waals surface area contributed by atoms with E-state index in [2.05, 4.69) is 118 Å². The number of hydrogen-bond donors (Lipinski definition) is 5. The number of imidazole rings is 2. The molecule has 0 saturated carbocycles. The van der Waals surface area contributed by atoms with Crippen molar-refractivity contribution in [3.05, 3.63) is 214 Å². The summed E-state index contributed by atoms with van der Waals surface area (Å²) in [5.41, 5.74) is 17.4. The van der Waals surface area contributed by atoms with Gasteiger partial charge in [0.1, 0.15) is 41.0 Å². The number of nitrogens with one attached hydrogen (secondary N) is 5. The molecule has 10 aromatic rings. The molecule has 6 aliphatic heterocycles. The number of fused-ring (bicyclic) bond motifs is 4. The Bertz CT molecular complexity index is 5310. The van der Waals surface area contributed by atoms with Gasteiger partial charge in [0.05, 0.1) is 82.1 Å². The fourth-order valence-electron chi connectivity index (χ4n) is 18.2. The van der Waals surface area contributed by atoms with Crippen molar-refractivity contribution < 1.29 is 61.6 Å². The molecule has 16 rings (SSSR count). The Kier molecular flexibility index (Phi) is 30.4. The number of hydrogen-bond acceptors (Lipinski definition) is 21.